The first kappa shape index (κ1) is 15.0. The van der Waals surface area contributed by atoms with E-state index in [4.69, 9.17) is 5.73 Å². The summed E-state index contributed by atoms with van der Waals surface area (Å²) < 4.78 is 1.75. The summed E-state index contributed by atoms with van der Waals surface area (Å²) in [7, 11) is 0. The summed E-state index contributed by atoms with van der Waals surface area (Å²) in [6.07, 6.45) is 7.44. The van der Waals surface area contributed by atoms with E-state index >= 15 is 0 Å². The molecule has 1 aromatic carbocycles. The second kappa shape index (κ2) is 6.48. The topological polar surface area (TPSA) is 81.2 Å². The monoisotopic (exact) mass is 310 g/mol. The summed E-state index contributed by atoms with van der Waals surface area (Å²) in [5.74, 6) is -0.678. The van der Waals surface area contributed by atoms with Gasteiger partial charge in [0.05, 0.1) is 17.8 Å². The van der Waals surface area contributed by atoms with Gasteiger partial charge in [-0.2, -0.15) is 5.10 Å². The molecule has 0 bridgehead atoms. The highest BCUT2D eigenvalue weighted by molar-refractivity contribution is 5.92. The number of hydrogen-bond donors (Lipinski definition) is 1. The Hall–Kier alpha value is -2.89. The van der Waals surface area contributed by atoms with Crippen molar-refractivity contribution < 1.29 is 9.59 Å². The number of nitrogens with two attached hydrogens (primary N) is 1. The van der Waals surface area contributed by atoms with E-state index in [0.29, 0.717) is 19.5 Å². The Balaban J connectivity index is 1.63. The van der Waals surface area contributed by atoms with E-state index in [1.807, 2.05) is 36.5 Å². The van der Waals surface area contributed by atoms with Crippen LogP contribution < -0.4 is 5.73 Å². The molecule has 0 spiro atoms. The highest BCUT2D eigenvalue weighted by Gasteiger charge is 2.28. The van der Waals surface area contributed by atoms with Gasteiger partial charge in [0.15, 0.2) is 0 Å². The van der Waals surface area contributed by atoms with Crippen molar-refractivity contribution in [2.24, 2.45) is 11.7 Å². The molecular formula is C17H18N4O2. The first-order valence-corrected chi connectivity index (χ1v) is 7.50. The van der Waals surface area contributed by atoms with Gasteiger partial charge in [0.25, 0.3) is 0 Å². The number of aromatic nitrogens is 2. The van der Waals surface area contributed by atoms with Gasteiger partial charge >= 0.3 is 0 Å². The van der Waals surface area contributed by atoms with Crippen molar-refractivity contribution in [3.05, 3.63) is 54.4 Å². The molecule has 1 aliphatic rings. The summed E-state index contributed by atoms with van der Waals surface area (Å²) in [6.45, 7) is 0.974. The zero-order chi connectivity index (χ0) is 16.2. The van der Waals surface area contributed by atoms with Gasteiger partial charge in [-0.3, -0.25) is 9.59 Å². The highest BCUT2D eigenvalue weighted by atomic mass is 16.2. The number of benzene rings is 1. The Morgan fingerprint density at radius 3 is 2.74 bits per heavy atom. The number of carbonyl (C=O) groups is 2. The van der Waals surface area contributed by atoms with Crippen molar-refractivity contribution in [1.29, 1.82) is 0 Å². The lowest BCUT2D eigenvalue weighted by Crippen LogP contribution is -2.30. The van der Waals surface area contributed by atoms with E-state index in [0.717, 1.165) is 11.3 Å². The highest BCUT2D eigenvalue weighted by Crippen LogP contribution is 2.16. The normalized spacial score (nSPS) is 17.7. The van der Waals surface area contributed by atoms with Gasteiger partial charge in [-0.1, -0.05) is 18.2 Å². The van der Waals surface area contributed by atoms with Crippen LogP contribution in [0.4, 0.5) is 0 Å². The smallest absolute Gasteiger partial charge is 0.246 e. The summed E-state index contributed by atoms with van der Waals surface area (Å²) in [5, 5.41) is 4.28. The molecule has 2 aromatic rings. The number of hydrogen-bond acceptors (Lipinski definition) is 3. The number of carbonyl (C=O) groups excluding carboxylic acids is 2. The van der Waals surface area contributed by atoms with Crippen molar-refractivity contribution >= 4 is 17.9 Å². The van der Waals surface area contributed by atoms with Gasteiger partial charge in [0.1, 0.15) is 0 Å². The van der Waals surface area contributed by atoms with Crippen LogP contribution in [0.2, 0.25) is 0 Å². The lowest BCUT2D eigenvalue weighted by molar-refractivity contribution is -0.125. The SMILES string of the molecule is NC(=O)[C@H]1CCN(C(=O)/C=C\c2cnn(-c3ccccc3)c2)C1. The van der Waals surface area contributed by atoms with Gasteiger partial charge < -0.3 is 10.6 Å². The first-order valence-electron chi connectivity index (χ1n) is 7.50. The molecule has 23 heavy (non-hydrogen) atoms. The van der Waals surface area contributed by atoms with Crippen molar-refractivity contribution in [3.63, 3.8) is 0 Å². The van der Waals surface area contributed by atoms with E-state index in [9.17, 15) is 9.59 Å². The van der Waals surface area contributed by atoms with Gasteiger partial charge in [-0.15, -0.1) is 0 Å². The fourth-order valence-corrected chi connectivity index (χ4v) is 2.61. The molecule has 0 saturated carbocycles. The third kappa shape index (κ3) is 3.48. The molecule has 1 fully saturated rings. The van der Waals surface area contributed by atoms with Gasteiger partial charge in [-0.25, -0.2) is 4.68 Å². The molecule has 3 rings (SSSR count). The van der Waals surface area contributed by atoms with Crippen LogP contribution in [0.25, 0.3) is 11.8 Å². The molecule has 1 aliphatic heterocycles. The minimum Gasteiger partial charge on any atom is -0.369 e. The Kier molecular flexibility index (Phi) is 4.23. The van der Waals surface area contributed by atoms with Crippen molar-refractivity contribution in [3.8, 4) is 5.69 Å². The number of primary amides is 1. The standard InChI is InChI=1S/C17H18N4O2/c18-17(23)14-8-9-20(12-14)16(22)7-6-13-10-19-21(11-13)15-4-2-1-3-5-15/h1-7,10-11,14H,8-9,12H2,(H2,18,23)/b7-6-/t14-/m0/s1. The van der Waals surface area contributed by atoms with Crippen molar-refractivity contribution in [2.45, 2.75) is 6.42 Å². The minimum atomic E-state index is -0.339. The van der Waals surface area contributed by atoms with Gasteiger partial charge in [-0.05, 0) is 24.6 Å². The van der Waals surface area contributed by atoms with Crippen LogP contribution in [-0.2, 0) is 9.59 Å². The van der Waals surface area contributed by atoms with Crippen LogP contribution in [0.1, 0.15) is 12.0 Å². The van der Waals surface area contributed by atoms with Crippen molar-refractivity contribution in [2.75, 3.05) is 13.1 Å². The lowest BCUT2D eigenvalue weighted by Gasteiger charge is -2.12. The number of nitrogens with zero attached hydrogens (tertiary/aromatic N) is 3. The molecule has 1 aromatic heterocycles. The van der Waals surface area contributed by atoms with E-state index in [1.54, 1.807) is 21.9 Å². The zero-order valence-corrected chi connectivity index (χ0v) is 12.6. The average Bonchev–Trinajstić information content (AvgIpc) is 3.23. The second-order valence-electron chi connectivity index (χ2n) is 5.56. The van der Waals surface area contributed by atoms with Crippen LogP contribution in [0.15, 0.2) is 48.8 Å². The number of rotatable bonds is 4. The lowest BCUT2D eigenvalue weighted by atomic mass is 10.1. The molecular weight excluding hydrogens is 292 g/mol. The van der Waals surface area contributed by atoms with Crippen molar-refractivity contribution in [1.82, 2.24) is 14.7 Å². The summed E-state index contributed by atoms with van der Waals surface area (Å²) >= 11 is 0. The van der Waals surface area contributed by atoms with Gasteiger partial charge in [0, 0.05) is 30.9 Å². The number of para-hydroxylation sites is 1. The summed E-state index contributed by atoms with van der Waals surface area (Å²) in [6, 6.07) is 9.75. The molecule has 118 valence electrons. The maximum atomic E-state index is 12.1. The molecule has 6 heteroatoms. The predicted octanol–water partition coefficient (Wildman–Crippen LogP) is 1.22. The molecule has 2 amide bonds. The Morgan fingerprint density at radius 2 is 2.04 bits per heavy atom. The molecule has 1 saturated heterocycles. The number of likely N-dealkylation sites (tertiary alicyclic amines) is 1. The Bertz CT molecular complexity index is 736. The molecule has 0 unspecified atom stereocenters. The van der Waals surface area contributed by atoms with E-state index in [2.05, 4.69) is 5.10 Å². The molecule has 6 nitrogen and oxygen atoms in total. The first-order chi connectivity index (χ1) is 11.1. The van der Waals surface area contributed by atoms with Crippen LogP contribution >= 0.6 is 0 Å². The second-order valence-corrected chi connectivity index (χ2v) is 5.56. The Morgan fingerprint density at radius 1 is 1.26 bits per heavy atom. The maximum Gasteiger partial charge on any atom is 0.246 e. The van der Waals surface area contributed by atoms with Crippen LogP contribution in [-0.4, -0.2) is 39.6 Å². The molecule has 0 aliphatic carbocycles. The van der Waals surface area contributed by atoms with E-state index < -0.39 is 0 Å². The van der Waals surface area contributed by atoms with Gasteiger partial charge in [0.2, 0.25) is 11.8 Å². The van der Waals surface area contributed by atoms with Crippen LogP contribution in [0.5, 0.6) is 0 Å². The third-order valence-corrected chi connectivity index (χ3v) is 3.94. The van der Waals surface area contributed by atoms with E-state index in [-0.39, 0.29) is 17.7 Å². The Labute approximate surface area is 134 Å². The largest absolute Gasteiger partial charge is 0.369 e. The average molecular weight is 310 g/mol. The van der Waals surface area contributed by atoms with Crippen LogP contribution in [0, 0.1) is 5.92 Å². The molecule has 1 atom stereocenters. The summed E-state index contributed by atoms with van der Waals surface area (Å²) in [5.41, 5.74) is 7.08. The van der Waals surface area contributed by atoms with E-state index in [1.165, 1.54) is 6.08 Å². The van der Waals surface area contributed by atoms with Crippen LogP contribution in [0.3, 0.4) is 0 Å². The fraction of sp³-hybridized carbons (Fsp3) is 0.235. The fourth-order valence-electron chi connectivity index (χ4n) is 2.61. The number of amides is 2. The molecule has 2 heterocycles. The third-order valence-electron chi connectivity index (χ3n) is 3.94. The maximum absolute atomic E-state index is 12.1. The predicted molar refractivity (Wildman–Crippen MR) is 86.5 cm³/mol. The molecule has 2 N–H and O–H groups in total. The summed E-state index contributed by atoms with van der Waals surface area (Å²) in [4.78, 5) is 24.9. The quantitative estimate of drug-likeness (QED) is 0.862. The molecule has 0 radical (unpaired) electrons. The minimum absolute atomic E-state index is 0.110. The zero-order valence-electron chi connectivity index (χ0n) is 12.6.